The van der Waals surface area contributed by atoms with E-state index in [0.29, 0.717) is 0 Å². The zero-order valence-corrected chi connectivity index (χ0v) is 11.0. The zero-order chi connectivity index (χ0) is 13.0. The molecule has 1 unspecified atom stereocenters. The van der Waals surface area contributed by atoms with Gasteiger partial charge in [-0.1, -0.05) is 30.3 Å². The van der Waals surface area contributed by atoms with Crippen molar-refractivity contribution in [2.75, 3.05) is 13.6 Å². The summed E-state index contributed by atoms with van der Waals surface area (Å²) in [5.41, 5.74) is 8.38. The Hall–Kier alpha value is -1.58. The Balaban J connectivity index is 1.99. The quantitative estimate of drug-likeness (QED) is 0.879. The van der Waals surface area contributed by atoms with E-state index in [9.17, 15) is 0 Å². The summed E-state index contributed by atoms with van der Waals surface area (Å²) in [6, 6.07) is 12.2. The highest BCUT2D eigenvalue weighted by atomic mass is 16.3. The van der Waals surface area contributed by atoms with Crippen LogP contribution in [0, 0.1) is 0 Å². The molecular formula is C15H20N2O. The van der Waals surface area contributed by atoms with Crippen molar-refractivity contribution in [1.29, 1.82) is 0 Å². The first-order valence-electron chi connectivity index (χ1n) is 6.12. The second-order valence-corrected chi connectivity index (χ2v) is 5.09. The number of rotatable bonds is 5. The normalized spacial score (nSPS) is 14.7. The molecule has 0 saturated carbocycles. The third kappa shape index (κ3) is 3.22. The van der Waals surface area contributed by atoms with E-state index in [4.69, 9.17) is 10.2 Å². The van der Waals surface area contributed by atoms with Crippen molar-refractivity contribution in [3.8, 4) is 0 Å². The summed E-state index contributed by atoms with van der Waals surface area (Å²) < 4.78 is 5.07. The molecule has 2 rings (SSSR count). The summed E-state index contributed by atoms with van der Waals surface area (Å²) in [6.07, 6.45) is 3.47. The maximum atomic E-state index is 6.40. The summed E-state index contributed by atoms with van der Waals surface area (Å²) in [7, 11) is 2.07. The molecule has 0 aliphatic rings. The van der Waals surface area contributed by atoms with Crippen LogP contribution in [0.15, 0.2) is 53.3 Å². The van der Waals surface area contributed by atoms with Gasteiger partial charge in [-0.3, -0.25) is 4.90 Å². The zero-order valence-electron chi connectivity index (χ0n) is 11.0. The van der Waals surface area contributed by atoms with Crippen molar-refractivity contribution in [2.45, 2.75) is 19.0 Å². The molecule has 18 heavy (non-hydrogen) atoms. The number of benzene rings is 1. The van der Waals surface area contributed by atoms with Crippen molar-refractivity contribution in [3.05, 3.63) is 60.1 Å². The first kappa shape index (κ1) is 12.9. The fraction of sp³-hybridized carbons (Fsp3) is 0.333. The highest BCUT2D eigenvalue weighted by Crippen LogP contribution is 2.19. The van der Waals surface area contributed by atoms with Crippen molar-refractivity contribution in [1.82, 2.24) is 4.90 Å². The predicted molar refractivity (Wildman–Crippen MR) is 73.0 cm³/mol. The molecule has 1 aromatic heterocycles. The lowest BCUT2D eigenvalue weighted by molar-refractivity contribution is 0.252. The monoisotopic (exact) mass is 244 g/mol. The summed E-state index contributed by atoms with van der Waals surface area (Å²) >= 11 is 0. The van der Waals surface area contributed by atoms with Crippen molar-refractivity contribution in [3.63, 3.8) is 0 Å². The molecule has 0 radical (unpaired) electrons. The molecule has 0 aliphatic heterocycles. The van der Waals surface area contributed by atoms with Gasteiger partial charge in [0.25, 0.3) is 0 Å². The summed E-state index contributed by atoms with van der Waals surface area (Å²) in [4.78, 5) is 2.21. The SMILES string of the molecule is CN(Cc1ccoc1)CC(C)(N)c1ccccc1. The van der Waals surface area contributed by atoms with E-state index in [2.05, 4.69) is 31.0 Å². The number of hydrogen-bond acceptors (Lipinski definition) is 3. The fourth-order valence-corrected chi connectivity index (χ4v) is 2.22. The maximum absolute atomic E-state index is 6.40. The lowest BCUT2D eigenvalue weighted by Gasteiger charge is -2.30. The first-order chi connectivity index (χ1) is 8.58. The predicted octanol–water partition coefficient (Wildman–Crippen LogP) is 2.59. The van der Waals surface area contributed by atoms with Gasteiger partial charge >= 0.3 is 0 Å². The Kier molecular flexibility index (Phi) is 3.84. The minimum atomic E-state index is -0.347. The van der Waals surface area contributed by atoms with Crippen LogP contribution in [0.1, 0.15) is 18.1 Å². The molecule has 2 N–H and O–H groups in total. The van der Waals surface area contributed by atoms with Gasteiger partial charge in [-0.2, -0.15) is 0 Å². The standard InChI is InChI=1S/C15H20N2O/c1-15(16,14-6-4-3-5-7-14)12-17(2)10-13-8-9-18-11-13/h3-9,11H,10,12,16H2,1-2H3. The largest absolute Gasteiger partial charge is 0.472 e. The lowest BCUT2D eigenvalue weighted by atomic mass is 9.92. The van der Waals surface area contributed by atoms with Gasteiger partial charge in [0.05, 0.1) is 18.1 Å². The van der Waals surface area contributed by atoms with Crippen LogP contribution in [0.3, 0.4) is 0 Å². The number of nitrogens with zero attached hydrogens (tertiary/aromatic N) is 1. The fourth-order valence-electron chi connectivity index (χ4n) is 2.22. The molecule has 0 spiro atoms. The van der Waals surface area contributed by atoms with E-state index in [0.717, 1.165) is 18.7 Å². The highest BCUT2D eigenvalue weighted by molar-refractivity contribution is 5.23. The van der Waals surface area contributed by atoms with Gasteiger partial charge in [0.1, 0.15) is 0 Å². The maximum Gasteiger partial charge on any atom is 0.0947 e. The molecule has 1 atom stereocenters. The van der Waals surface area contributed by atoms with E-state index < -0.39 is 0 Å². The average Bonchev–Trinajstić information content (AvgIpc) is 2.82. The minimum Gasteiger partial charge on any atom is -0.472 e. The van der Waals surface area contributed by atoms with Crippen molar-refractivity contribution >= 4 is 0 Å². The van der Waals surface area contributed by atoms with Crippen LogP contribution in [0.5, 0.6) is 0 Å². The van der Waals surface area contributed by atoms with Crippen LogP contribution < -0.4 is 5.73 Å². The second-order valence-electron chi connectivity index (χ2n) is 5.09. The molecule has 2 aromatic rings. The van der Waals surface area contributed by atoms with E-state index in [1.54, 1.807) is 12.5 Å². The van der Waals surface area contributed by atoms with E-state index >= 15 is 0 Å². The van der Waals surface area contributed by atoms with Crippen molar-refractivity contribution in [2.24, 2.45) is 5.73 Å². The number of furan rings is 1. The number of nitrogens with two attached hydrogens (primary N) is 1. The second kappa shape index (κ2) is 5.38. The molecule has 0 aliphatic carbocycles. The van der Waals surface area contributed by atoms with Gasteiger partial charge in [-0.15, -0.1) is 0 Å². The number of likely N-dealkylation sites (N-methyl/N-ethyl adjacent to an activating group) is 1. The Morgan fingerprint density at radius 1 is 1.22 bits per heavy atom. The van der Waals surface area contributed by atoms with Gasteiger partial charge in [-0.05, 0) is 25.6 Å². The first-order valence-corrected chi connectivity index (χ1v) is 6.12. The molecule has 0 bridgehead atoms. The van der Waals surface area contributed by atoms with E-state index in [-0.39, 0.29) is 5.54 Å². The molecule has 96 valence electrons. The third-order valence-electron chi connectivity index (χ3n) is 3.06. The summed E-state index contributed by atoms with van der Waals surface area (Å²) in [6.45, 7) is 3.70. The van der Waals surface area contributed by atoms with Crippen LogP contribution >= 0.6 is 0 Å². The molecule has 3 nitrogen and oxygen atoms in total. The van der Waals surface area contributed by atoms with Gasteiger partial charge in [-0.25, -0.2) is 0 Å². The molecule has 0 fully saturated rings. The van der Waals surface area contributed by atoms with Gasteiger partial charge < -0.3 is 10.2 Å². The Bertz CT molecular complexity index is 463. The number of hydrogen-bond donors (Lipinski definition) is 1. The van der Waals surface area contributed by atoms with Crippen LogP contribution in [0.4, 0.5) is 0 Å². The molecule has 0 amide bonds. The molecule has 1 aromatic carbocycles. The van der Waals surface area contributed by atoms with E-state index in [1.807, 2.05) is 24.3 Å². The Labute approximate surface area is 108 Å². The van der Waals surface area contributed by atoms with Crippen LogP contribution in [-0.4, -0.2) is 18.5 Å². The van der Waals surface area contributed by atoms with E-state index in [1.165, 1.54) is 5.56 Å². The summed E-state index contributed by atoms with van der Waals surface area (Å²) in [5, 5.41) is 0. The Morgan fingerprint density at radius 2 is 1.94 bits per heavy atom. The minimum absolute atomic E-state index is 0.347. The highest BCUT2D eigenvalue weighted by Gasteiger charge is 2.22. The third-order valence-corrected chi connectivity index (χ3v) is 3.06. The Morgan fingerprint density at radius 3 is 2.56 bits per heavy atom. The molecule has 0 saturated heterocycles. The van der Waals surface area contributed by atoms with Crippen LogP contribution in [0.2, 0.25) is 0 Å². The topological polar surface area (TPSA) is 42.4 Å². The molecule has 1 heterocycles. The van der Waals surface area contributed by atoms with Gasteiger partial charge in [0, 0.05) is 18.7 Å². The average molecular weight is 244 g/mol. The van der Waals surface area contributed by atoms with Gasteiger partial charge in [0.2, 0.25) is 0 Å². The van der Waals surface area contributed by atoms with Gasteiger partial charge in [0.15, 0.2) is 0 Å². The van der Waals surface area contributed by atoms with Crippen molar-refractivity contribution < 1.29 is 4.42 Å². The molecular weight excluding hydrogens is 224 g/mol. The van der Waals surface area contributed by atoms with Crippen LogP contribution in [-0.2, 0) is 12.1 Å². The summed E-state index contributed by atoms with van der Waals surface area (Å²) in [5.74, 6) is 0. The smallest absolute Gasteiger partial charge is 0.0947 e. The lowest BCUT2D eigenvalue weighted by Crippen LogP contribution is -2.43. The molecule has 3 heteroatoms. The van der Waals surface area contributed by atoms with Crippen LogP contribution in [0.25, 0.3) is 0 Å².